The highest BCUT2D eigenvalue weighted by molar-refractivity contribution is 5.94. The van der Waals surface area contributed by atoms with E-state index in [1.165, 1.54) is 17.2 Å². The second-order valence-electron chi connectivity index (χ2n) is 4.50. The summed E-state index contributed by atoms with van der Waals surface area (Å²) in [5.74, 6) is -1.27. The van der Waals surface area contributed by atoms with Gasteiger partial charge in [-0.05, 0) is 32.4 Å². The van der Waals surface area contributed by atoms with Gasteiger partial charge in [0.1, 0.15) is 5.56 Å². The van der Waals surface area contributed by atoms with Crippen molar-refractivity contribution in [3.63, 3.8) is 0 Å². The summed E-state index contributed by atoms with van der Waals surface area (Å²) in [4.78, 5) is 38.3. The molecule has 0 unspecified atom stereocenters. The molecule has 6 heteroatoms. The predicted octanol–water partition coefficient (Wildman–Crippen LogP) is 1.09. The highest BCUT2D eigenvalue weighted by Gasteiger charge is 2.20. The maximum absolute atomic E-state index is 12.2. The molecule has 0 aliphatic heterocycles. The Kier molecular flexibility index (Phi) is 5.29. The van der Waals surface area contributed by atoms with Crippen LogP contribution in [0.15, 0.2) is 23.1 Å². The van der Waals surface area contributed by atoms with Crippen molar-refractivity contribution < 1.29 is 14.7 Å². The number of carbonyl (C=O) groups excluding carboxylic acids is 1. The van der Waals surface area contributed by atoms with E-state index in [9.17, 15) is 14.4 Å². The maximum Gasteiger partial charge on any atom is 0.303 e. The van der Waals surface area contributed by atoms with Crippen LogP contribution in [0.4, 0.5) is 0 Å². The van der Waals surface area contributed by atoms with E-state index in [2.05, 4.69) is 4.98 Å². The molecule has 0 aliphatic carbocycles. The van der Waals surface area contributed by atoms with Crippen molar-refractivity contribution in [2.75, 3.05) is 6.54 Å². The topological polar surface area (TPSA) is 90.5 Å². The fourth-order valence-corrected chi connectivity index (χ4v) is 1.74. The smallest absolute Gasteiger partial charge is 0.303 e. The Morgan fingerprint density at radius 3 is 2.63 bits per heavy atom. The van der Waals surface area contributed by atoms with E-state index in [4.69, 9.17) is 5.11 Å². The van der Waals surface area contributed by atoms with E-state index in [0.717, 1.165) is 0 Å². The van der Waals surface area contributed by atoms with Gasteiger partial charge < -0.3 is 15.0 Å². The number of carbonyl (C=O) groups is 2. The van der Waals surface area contributed by atoms with Gasteiger partial charge in [0, 0.05) is 25.2 Å². The average Bonchev–Trinajstić information content (AvgIpc) is 2.33. The molecular formula is C13H18N2O4. The fraction of sp³-hybridized carbons (Fsp3) is 0.462. The third-order valence-corrected chi connectivity index (χ3v) is 2.72. The summed E-state index contributed by atoms with van der Waals surface area (Å²) in [5, 5.41) is 8.61. The standard InChI is InChI=1S/C13H18N2O4/c1-9(2)15(8-4-6-11(16)17)13(19)10-5-3-7-14-12(10)18/h3,5,7,9H,4,6,8H2,1-2H3,(H,14,18)(H,16,17). The summed E-state index contributed by atoms with van der Waals surface area (Å²) in [5.41, 5.74) is -0.358. The summed E-state index contributed by atoms with van der Waals surface area (Å²) in [6.07, 6.45) is 1.83. The molecule has 0 aliphatic rings. The lowest BCUT2D eigenvalue weighted by Gasteiger charge is -2.26. The molecule has 0 atom stereocenters. The number of nitrogens with one attached hydrogen (secondary N) is 1. The van der Waals surface area contributed by atoms with Crippen LogP contribution in [0.5, 0.6) is 0 Å². The number of hydrogen-bond acceptors (Lipinski definition) is 3. The molecule has 1 aromatic heterocycles. The average molecular weight is 266 g/mol. The molecule has 1 heterocycles. The second-order valence-corrected chi connectivity index (χ2v) is 4.50. The molecule has 0 saturated heterocycles. The van der Waals surface area contributed by atoms with Crippen molar-refractivity contribution in [1.82, 2.24) is 9.88 Å². The fourth-order valence-electron chi connectivity index (χ4n) is 1.74. The van der Waals surface area contributed by atoms with Crippen molar-refractivity contribution in [3.8, 4) is 0 Å². The first kappa shape index (κ1) is 14.9. The van der Waals surface area contributed by atoms with Crippen LogP contribution < -0.4 is 5.56 Å². The lowest BCUT2D eigenvalue weighted by atomic mass is 10.2. The highest BCUT2D eigenvalue weighted by atomic mass is 16.4. The zero-order chi connectivity index (χ0) is 14.4. The summed E-state index contributed by atoms with van der Waals surface area (Å²) in [6.45, 7) is 3.97. The van der Waals surface area contributed by atoms with Gasteiger partial charge in [0.15, 0.2) is 0 Å². The minimum Gasteiger partial charge on any atom is -0.481 e. The number of nitrogens with zero attached hydrogens (tertiary/aromatic N) is 1. The molecule has 1 amide bonds. The molecule has 2 N–H and O–H groups in total. The zero-order valence-corrected chi connectivity index (χ0v) is 11.0. The van der Waals surface area contributed by atoms with E-state index < -0.39 is 11.5 Å². The predicted molar refractivity (Wildman–Crippen MR) is 70.1 cm³/mol. The molecule has 104 valence electrons. The molecule has 1 rings (SSSR count). The van der Waals surface area contributed by atoms with Gasteiger partial charge in [-0.2, -0.15) is 0 Å². The third kappa shape index (κ3) is 4.24. The molecule has 6 nitrogen and oxygen atoms in total. The van der Waals surface area contributed by atoms with Gasteiger partial charge in [-0.25, -0.2) is 0 Å². The van der Waals surface area contributed by atoms with E-state index in [1.807, 2.05) is 13.8 Å². The third-order valence-electron chi connectivity index (χ3n) is 2.72. The van der Waals surface area contributed by atoms with Crippen molar-refractivity contribution in [3.05, 3.63) is 34.2 Å². The van der Waals surface area contributed by atoms with Crippen molar-refractivity contribution in [2.24, 2.45) is 0 Å². The van der Waals surface area contributed by atoms with Gasteiger partial charge in [-0.15, -0.1) is 0 Å². The Morgan fingerprint density at radius 1 is 1.42 bits per heavy atom. The number of aromatic nitrogens is 1. The van der Waals surface area contributed by atoms with E-state index in [1.54, 1.807) is 6.07 Å². The Hall–Kier alpha value is -2.11. The number of carboxylic acid groups (broad SMARTS) is 1. The first-order valence-electron chi connectivity index (χ1n) is 6.14. The Labute approximate surface area is 111 Å². The largest absolute Gasteiger partial charge is 0.481 e. The first-order valence-corrected chi connectivity index (χ1v) is 6.14. The van der Waals surface area contributed by atoms with Crippen molar-refractivity contribution >= 4 is 11.9 Å². The van der Waals surface area contributed by atoms with Crippen molar-refractivity contribution in [2.45, 2.75) is 32.7 Å². The minimum absolute atomic E-state index is 0.00163. The minimum atomic E-state index is -0.895. The van der Waals surface area contributed by atoms with Gasteiger partial charge in [-0.1, -0.05) is 0 Å². The van der Waals surface area contributed by atoms with Crippen LogP contribution in [-0.2, 0) is 4.79 Å². The van der Waals surface area contributed by atoms with Gasteiger partial charge in [0.05, 0.1) is 0 Å². The van der Waals surface area contributed by atoms with Crippen LogP contribution in [0, 0.1) is 0 Å². The van der Waals surface area contributed by atoms with Crippen LogP contribution in [0.2, 0.25) is 0 Å². The normalized spacial score (nSPS) is 10.5. The van der Waals surface area contributed by atoms with E-state index >= 15 is 0 Å². The highest BCUT2D eigenvalue weighted by Crippen LogP contribution is 2.07. The number of pyridine rings is 1. The van der Waals surface area contributed by atoms with Crippen LogP contribution in [0.25, 0.3) is 0 Å². The quantitative estimate of drug-likeness (QED) is 0.806. The molecule has 0 fully saturated rings. The molecule has 0 bridgehead atoms. The summed E-state index contributed by atoms with van der Waals surface area (Å²) in [7, 11) is 0. The van der Waals surface area contributed by atoms with Crippen LogP contribution in [-0.4, -0.2) is 39.5 Å². The number of H-pyrrole nitrogens is 1. The van der Waals surface area contributed by atoms with Gasteiger partial charge in [-0.3, -0.25) is 14.4 Å². The molecule has 0 radical (unpaired) electrons. The molecular weight excluding hydrogens is 248 g/mol. The van der Waals surface area contributed by atoms with Crippen LogP contribution in [0.3, 0.4) is 0 Å². The van der Waals surface area contributed by atoms with Crippen LogP contribution in [0.1, 0.15) is 37.0 Å². The van der Waals surface area contributed by atoms with Gasteiger partial charge in [0.25, 0.3) is 11.5 Å². The number of hydrogen-bond donors (Lipinski definition) is 2. The summed E-state index contributed by atoms with van der Waals surface area (Å²) in [6, 6.07) is 2.96. The molecule has 19 heavy (non-hydrogen) atoms. The summed E-state index contributed by atoms with van der Waals surface area (Å²) >= 11 is 0. The number of rotatable bonds is 6. The Morgan fingerprint density at radius 2 is 2.11 bits per heavy atom. The number of amides is 1. The molecule has 1 aromatic rings. The number of aliphatic carboxylic acids is 1. The Balaban J connectivity index is 2.82. The SMILES string of the molecule is CC(C)N(CCCC(=O)O)C(=O)c1ccc[nH]c1=O. The lowest BCUT2D eigenvalue weighted by Crippen LogP contribution is -2.40. The van der Waals surface area contributed by atoms with E-state index in [0.29, 0.717) is 13.0 Å². The molecule has 0 spiro atoms. The Bertz CT molecular complexity index is 507. The monoisotopic (exact) mass is 266 g/mol. The number of aromatic amines is 1. The second kappa shape index (κ2) is 6.72. The van der Waals surface area contributed by atoms with E-state index in [-0.39, 0.29) is 23.9 Å². The summed E-state index contributed by atoms with van der Waals surface area (Å²) < 4.78 is 0. The molecule has 0 saturated carbocycles. The van der Waals surface area contributed by atoms with Crippen LogP contribution >= 0.6 is 0 Å². The zero-order valence-electron chi connectivity index (χ0n) is 11.0. The molecule has 0 aromatic carbocycles. The first-order chi connectivity index (χ1) is 8.93. The lowest BCUT2D eigenvalue weighted by molar-refractivity contribution is -0.137. The maximum atomic E-state index is 12.2. The van der Waals surface area contributed by atoms with Gasteiger partial charge in [0.2, 0.25) is 0 Å². The van der Waals surface area contributed by atoms with Crippen molar-refractivity contribution in [1.29, 1.82) is 0 Å². The van der Waals surface area contributed by atoms with Gasteiger partial charge >= 0.3 is 5.97 Å². The number of carboxylic acids is 1.